The number of aromatic nitrogens is 1. The maximum Gasteiger partial charge on any atom is 0.419 e. The fourth-order valence-electron chi connectivity index (χ4n) is 2.74. The predicted octanol–water partition coefficient (Wildman–Crippen LogP) is 4.88. The monoisotopic (exact) mass is 424 g/mol. The number of nitrogens with zero attached hydrogens (tertiary/aromatic N) is 1. The Bertz CT molecular complexity index is 1080. The van der Waals surface area contributed by atoms with Crippen LogP contribution in [0.3, 0.4) is 0 Å². The maximum atomic E-state index is 13.3. The van der Waals surface area contributed by atoms with Crippen molar-refractivity contribution in [3.8, 4) is 22.1 Å². The first-order chi connectivity index (χ1) is 13.8. The number of carbonyl (C=O) groups excluding carboxylic acids is 1. The van der Waals surface area contributed by atoms with E-state index in [1.54, 1.807) is 17.5 Å². The molecule has 5 nitrogen and oxygen atoms in total. The number of anilines is 1. The van der Waals surface area contributed by atoms with Gasteiger partial charge >= 0.3 is 6.18 Å². The summed E-state index contributed by atoms with van der Waals surface area (Å²) in [4.78, 5) is 16.5. The number of alkyl halides is 3. The summed E-state index contributed by atoms with van der Waals surface area (Å²) in [5, 5.41) is 4.68. The van der Waals surface area contributed by atoms with E-state index in [0.29, 0.717) is 34.3 Å². The smallest absolute Gasteiger partial charge is 0.419 e. The Kier molecular flexibility index (Phi) is 4.87. The van der Waals surface area contributed by atoms with Gasteiger partial charge in [-0.05, 0) is 36.4 Å². The first kappa shape index (κ1) is 19.2. The first-order valence-corrected chi connectivity index (χ1v) is 9.18. The van der Waals surface area contributed by atoms with Crippen LogP contribution in [0.1, 0.15) is 11.3 Å². The fourth-order valence-corrected chi connectivity index (χ4v) is 3.56. The van der Waals surface area contributed by atoms with Crippen LogP contribution in [-0.4, -0.2) is 17.7 Å². The average Bonchev–Trinajstić information content (AvgIpc) is 3.30. The van der Waals surface area contributed by atoms with Crippen LogP contribution in [0.4, 0.5) is 23.2 Å². The summed E-state index contributed by atoms with van der Waals surface area (Å²) in [6.45, 7) is 0.154. The molecule has 0 radical (unpaired) electrons. The van der Waals surface area contributed by atoms with Crippen LogP contribution in [0, 0.1) is 5.82 Å². The number of nitrogens with one attached hydrogen (secondary N) is 1. The number of ether oxygens (including phenoxy) is 2. The number of carbonyl (C=O) groups is 1. The number of amides is 1. The van der Waals surface area contributed by atoms with Crippen molar-refractivity contribution in [1.82, 2.24) is 4.98 Å². The molecule has 1 aliphatic heterocycles. The number of thiazole rings is 1. The summed E-state index contributed by atoms with van der Waals surface area (Å²) in [6, 6.07) is 7.65. The third-order valence-corrected chi connectivity index (χ3v) is 5.01. The third-order valence-electron chi connectivity index (χ3n) is 4.07. The van der Waals surface area contributed by atoms with E-state index in [1.807, 2.05) is 6.07 Å². The number of halogens is 4. The van der Waals surface area contributed by atoms with E-state index in [4.69, 9.17) is 9.47 Å². The van der Waals surface area contributed by atoms with Crippen LogP contribution in [0.15, 0.2) is 41.8 Å². The zero-order valence-corrected chi connectivity index (χ0v) is 15.4. The summed E-state index contributed by atoms with van der Waals surface area (Å²) in [7, 11) is 0. The van der Waals surface area contributed by atoms with Crippen LogP contribution < -0.4 is 14.8 Å². The molecular weight excluding hydrogens is 412 g/mol. The van der Waals surface area contributed by atoms with Crippen molar-refractivity contribution in [2.75, 3.05) is 12.1 Å². The molecule has 0 saturated carbocycles. The van der Waals surface area contributed by atoms with Gasteiger partial charge < -0.3 is 14.8 Å². The van der Waals surface area contributed by atoms with Gasteiger partial charge in [0.25, 0.3) is 0 Å². The molecule has 4 rings (SSSR count). The molecule has 2 aromatic carbocycles. The molecule has 0 aliphatic carbocycles. The quantitative estimate of drug-likeness (QED) is 0.607. The molecule has 3 aromatic rings. The van der Waals surface area contributed by atoms with E-state index in [-0.39, 0.29) is 18.9 Å². The zero-order valence-electron chi connectivity index (χ0n) is 14.5. The summed E-state index contributed by atoms with van der Waals surface area (Å²) < 4.78 is 62.3. The fraction of sp³-hybridized carbons (Fsp3) is 0.158. The number of hydrogen-bond donors (Lipinski definition) is 1. The molecular formula is C19H12F4N2O3S. The van der Waals surface area contributed by atoms with Crippen molar-refractivity contribution >= 4 is 22.9 Å². The van der Waals surface area contributed by atoms with Crippen LogP contribution in [-0.2, 0) is 17.4 Å². The van der Waals surface area contributed by atoms with Crippen LogP contribution in [0.2, 0.25) is 0 Å². The normalized spacial score (nSPS) is 12.8. The minimum Gasteiger partial charge on any atom is -0.454 e. The summed E-state index contributed by atoms with van der Waals surface area (Å²) in [6.07, 6.45) is -4.99. The molecule has 150 valence electrons. The van der Waals surface area contributed by atoms with Gasteiger partial charge in [-0.25, -0.2) is 9.37 Å². The van der Waals surface area contributed by atoms with Gasteiger partial charge in [0, 0.05) is 16.6 Å². The number of hydrogen-bond acceptors (Lipinski definition) is 5. The zero-order chi connectivity index (χ0) is 20.6. The van der Waals surface area contributed by atoms with E-state index >= 15 is 0 Å². The first-order valence-electron chi connectivity index (χ1n) is 8.30. The highest BCUT2D eigenvalue weighted by molar-refractivity contribution is 7.13. The lowest BCUT2D eigenvalue weighted by molar-refractivity contribution is -0.140. The molecule has 1 aromatic heterocycles. The number of fused-ring (bicyclic) bond motifs is 1. The van der Waals surface area contributed by atoms with Gasteiger partial charge in [-0.15, -0.1) is 11.3 Å². The number of rotatable bonds is 4. The van der Waals surface area contributed by atoms with Gasteiger partial charge in [-0.1, -0.05) is 0 Å². The van der Waals surface area contributed by atoms with Crippen LogP contribution in [0.25, 0.3) is 10.6 Å². The van der Waals surface area contributed by atoms with E-state index in [1.165, 1.54) is 11.3 Å². The molecule has 0 fully saturated rings. The summed E-state index contributed by atoms with van der Waals surface area (Å²) >= 11 is 1.32. The molecule has 0 bridgehead atoms. The highest BCUT2D eigenvalue weighted by Crippen LogP contribution is 2.37. The standard InChI is InChI=1S/C19H12F4N2O3S/c20-14-3-2-11(6-13(14)19(21,22)23)24-17(26)7-12-8-29-18(25-12)10-1-4-15-16(5-10)28-9-27-15/h1-6,8H,7,9H2,(H,24,26). The second kappa shape index (κ2) is 7.36. The predicted molar refractivity (Wildman–Crippen MR) is 97.4 cm³/mol. The minimum atomic E-state index is -4.85. The maximum absolute atomic E-state index is 13.3. The van der Waals surface area contributed by atoms with E-state index in [2.05, 4.69) is 10.3 Å². The van der Waals surface area contributed by atoms with E-state index in [0.717, 1.165) is 11.6 Å². The molecule has 1 aliphatic rings. The second-order valence-corrected chi connectivity index (χ2v) is 6.99. The summed E-state index contributed by atoms with van der Waals surface area (Å²) in [5.41, 5.74) is -0.332. The summed E-state index contributed by atoms with van der Waals surface area (Å²) in [5.74, 6) is -0.716. The second-order valence-electron chi connectivity index (χ2n) is 6.13. The van der Waals surface area contributed by atoms with Crippen molar-refractivity contribution in [2.45, 2.75) is 12.6 Å². The minimum absolute atomic E-state index is 0.139. The Balaban J connectivity index is 1.45. The van der Waals surface area contributed by atoms with Gasteiger partial charge in [0.15, 0.2) is 11.5 Å². The van der Waals surface area contributed by atoms with Crippen LogP contribution >= 0.6 is 11.3 Å². The van der Waals surface area contributed by atoms with Crippen molar-refractivity contribution in [2.24, 2.45) is 0 Å². The molecule has 10 heteroatoms. The van der Waals surface area contributed by atoms with E-state index in [9.17, 15) is 22.4 Å². The largest absolute Gasteiger partial charge is 0.454 e. The molecule has 0 atom stereocenters. The topological polar surface area (TPSA) is 60.5 Å². The van der Waals surface area contributed by atoms with E-state index < -0.39 is 23.5 Å². The van der Waals surface area contributed by atoms with Gasteiger partial charge in [-0.2, -0.15) is 13.2 Å². The molecule has 29 heavy (non-hydrogen) atoms. The van der Waals surface area contributed by atoms with Crippen LogP contribution in [0.5, 0.6) is 11.5 Å². The van der Waals surface area contributed by atoms with Gasteiger partial charge in [0.1, 0.15) is 10.8 Å². The van der Waals surface area contributed by atoms with Crippen molar-refractivity contribution < 1.29 is 31.8 Å². The van der Waals surface area contributed by atoms with Crippen molar-refractivity contribution in [3.05, 3.63) is 58.9 Å². The highest BCUT2D eigenvalue weighted by atomic mass is 32.1. The molecule has 2 heterocycles. The van der Waals surface area contributed by atoms with Gasteiger partial charge in [0.05, 0.1) is 17.7 Å². The van der Waals surface area contributed by atoms with Gasteiger partial charge in [-0.3, -0.25) is 4.79 Å². The molecule has 0 saturated heterocycles. The molecule has 0 spiro atoms. The lowest BCUT2D eigenvalue weighted by Gasteiger charge is -2.10. The number of benzene rings is 2. The molecule has 0 unspecified atom stereocenters. The Morgan fingerprint density at radius 2 is 1.93 bits per heavy atom. The lowest BCUT2D eigenvalue weighted by Crippen LogP contribution is -2.16. The Labute approximate surface area is 165 Å². The Hall–Kier alpha value is -3.14. The lowest BCUT2D eigenvalue weighted by atomic mass is 10.1. The SMILES string of the molecule is O=C(Cc1csc(-c2ccc3c(c2)OCO3)n1)Nc1ccc(F)c(C(F)(F)F)c1. The van der Waals surface area contributed by atoms with Crippen molar-refractivity contribution in [1.29, 1.82) is 0 Å². The average molecular weight is 424 g/mol. The third kappa shape index (κ3) is 4.16. The Morgan fingerprint density at radius 1 is 1.14 bits per heavy atom. The van der Waals surface area contributed by atoms with Gasteiger partial charge in [0.2, 0.25) is 12.7 Å². The Morgan fingerprint density at radius 3 is 2.72 bits per heavy atom. The molecule has 1 N–H and O–H groups in total. The molecule has 1 amide bonds. The van der Waals surface area contributed by atoms with Crippen molar-refractivity contribution in [3.63, 3.8) is 0 Å². The highest BCUT2D eigenvalue weighted by Gasteiger charge is 2.34.